The van der Waals surface area contributed by atoms with E-state index in [4.69, 9.17) is 0 Å². The van der Waals surface area contributed by atoms with Gasteiger partial charge >= 0.3 is 0 Å². The molecule has 1 aromatic rings. The van der Waals surface area contributed by atoms with Gasteiger partial charge in [-0.3, -0.25) is 14.0 Å². The van der Waals surface area contributed by atoms with Crippen LogP contribution < -0.4 is 5.32 Å². The molecule has 20 heavy (non-hydrogen) atoms. The minimum atomic E-state index is -0.946. The summed E-state index contributed by atoms with van der Waals surface area (Å²) in [5, 5.41) is 2.74. The normalized spacial score (nSPS) is 21.8. The van der Waals surface area contributed by atoms with Gasteiger partial charge in [-0.25, -0.2) is 0 Å². The van der Waals surface area contributed by atoms with Gasteiger partial charge in [-0.2, -0.15) is 0 Å². The summed E-state index contributed by atoms with van der Waals surface area (Å²) in [5.41, 5.74) is -0.203. The second-order valence-electron chi connectivity index (χ2n) is 5.47. The monoisotopic (exact) mass is 278 g/mol. The molecule has 2 amide bonds. The van der Waals surface area contributed by atoms with Gasteiger partial charge in [0.2, 0.25) is 11.8 Å². The lowest BCUT2D eigenvalue weighted by molar-refractivity contribution is -0.154. The molecule has 1 unspecified atom stereocenters. The van der Waals surface area contributed by atoms with E-state index in [9.17, 15) is 14.0 Å². The first-order valence-corrected chi connectivity index (χ1v) is 6.71. The molecule has 0 aromatic heterocycles. The lowest BCUT2D eigenvalue weighted by Crippen LogP contribution is -2.64. The van der Waals surface area contributed by atoms with Crippen molar-refractivity contribution in [1.82, 2.24) is 10.2 Å². The zero-order valence-corrected chi connectivity index (χ0v) is 11.7. The van der Waals surface area contributed by atoms with Crippen LogP contribution in [0.3, 0.4) is 0 Å². The van der Waals surface area contributed by atoms with E-state index in [1.807, 2.05) is 18.2 Å². The predicted molar refractivity (Wildman–Crippen MR) is 73.7 cm³/mol. The first-order valence-electron chi connectivity index (χ1n) is 6.71. The van der Waals surface area contributed by atoms with E-state index in [1.54, 1.807) is 26.0 Å². The fourth-order valence-electron chi connectivity index (χ4n) is 2.48. The van der Waals surface area contributed by atoms with Gasteiger partial charge in [0, 0.05) is 6.54 Å². The number of carbonyl (C=O) groups is 2. The van der Waals surface area contributed by atoms with Gasteiger partial charge in [0.05, 0.1) is 6.67 Å². The number of nitrogens with zero attached hydrogens (tertiary/aromatic N) is 1. The molecule has 1 heterocycles. The number of halogens is 1. The molecule has 5 heteroatoms. The molecule has 0 saturated carbocycles. The van der Waals surface area contributed by atoms with Crippen LogP contribution in [-0.2, 0) is 9.59 Å². The van der Waals surface area contributed by atoms with Crippen molar-refractivity contribution in [3.05, 3.63) is 35.9 Å². The number of benzene rings is 1. The lowest BCUT2D eigenvalue weighted by Gasteiger charge is -2.43. The molecule has 0 aliphatic carbocycles. The van der Waals surface area contributed by atoms with E-state index in [0.29, 0.717) is 0 Å². The number of piperazine rings is 1. The second-order valence-corrected chi connectivity index (χ2v) is 5.47. The van der Waals surface area contributed by atoms with Crippen molar-refractivity contribution in [3.63, 3.8) is 0 Å². The highest BCUT2D eigenvalue weighted by Gasteiger charge is 2.45. The molecule has 108 valence electrons. The van der Waals surface area contributed by atoms with Gasteiger partial charge in [-0.05, 0) is 25.8 Å². The van der Waals surface area contributed by atoms with E-state index >= 15 is 0 Å². The second kappa shape index (κ2) is 5.61. The van der Waals surface area contributed by atoms with Crippen LogP contribution in [0.25, 0.3) is 0 Å². The zero-order valence-electron chi connectivity index (χ0n) is 11.7. The molecule has 0 bridgehead atoms. The third kappa shape index (κ3) is 2.66. The summed E-state index contributed by atoms with van der Waals surface area (Å²) in [4.78, 5) is 26.3. The Kier molecular flexibility index (Phi) is 4.06. The summed E-state index contributed by atoms with van der Waals surface area (Å²) in [5.74, 6) is -0.404. The molecular formula is C15H19FN2O2. The maximum atomic E-state index is 12.5. The number of carbonyl (C=O) groups excluding carboxylic acids is 2. The Hall–Kier alpha value is -1.91. The number of hydrogen-bond acceptors (Lipinski definition) is 2. The van der Waals surface area contributed by atoms with Gasteiger partial charge in [0.15, 0.2) is 0 Å². The maximum Gasteiger partial charge on any atom is 0.248 e. The first kappa shape index (κ1) is 14.5. The molecule has 2 rings (SSSR count). The van der Waals surface area contributed by atoms with E-state index in [1.165, 1.54) is 4.90 Å². The third-order valence-electron chi connectivity index (χ3n) is 3.44. The SMILES string of the molecule is CC1(C)NC(=O)C(c2ccccc2)N(CCCF)C1=O. The third-order valence-corrected chi connectivity index (χ3v) is 3.44. The molecule has 1 atom stereocenters. The predicted octanol–water partition coefficient (Wildman–Crippen LogP) is 1.82. The number of rotatable bonds is 4. The van der Waals surface area contributed by atoms with Gasteiger partial charge < -0.3 is 10.2 Å². The Labute approximate surface area is 118 Å². The summed E-state index contributed by atoms with van der Waals surface area (Å²) in [6.45, 7) is 3.06. The average molecular weight is 278 g/mol. The van der Waals surface area contributed by atoms with Crippen LogP contribution in [0.15, 0.2) is 30.3 Å². The van der Waals surface area contributed by atoms with Crippen molar-refractivity contribution in [1.29, 1.82) is 0 Å². The number of alkyl halides is 1. The summed E-state index contributed by atoms with van der Waals surface area (Å²) in [6, 6.07) is 8.42. The van der Waals surface area contributed by atoms with E-state index in [-0.39, 0.29) is 24.8 Å². The minimum absolute atomic E-state index is 0.181. The molecule has 0 spiro atoms. The first-order chi connectivity index (χ1) is 9.47. The number of hydrogen-bond donors (Lipinski definition) is 1. The molecule has 1 N–H and O–H groups in total. The Bertz CT molecular complexity index is 502. The highest BCUT2D eigenvalue weighted by Crippen LogP contribution is 2.29. The standard InChI is InChI=1S/C15H19FN2O2/c1-15(2)14(20)18(10-6-9-16)12(13(19)17-15)11-7-4-3-5-8-11/h3-5,7-8,12H,6,9-10H2,1-2H3,(H,17,19). The van der Waals surface area contributed by atoms with Crippen molar-refractivity contribution in [2.45, 2.75) is 31.8 Å². The summed E-state index contributed by atoms with van der Waals surface area (Å²) in [7, 11) is 0. The summed E-state index contributed by atoms with van der Waals surface area (Å²) < 4.78 is 12.5. The zero-order chi connectivity index (χ0) is 14.8. The van der Waals surface area contributed by atoms with Crippen LogP contribution in [0.2, 0.25) is 0 Å². The van der Waals surface area contributed by atoms with E-state index in [0.717, 1.165) is 5.56 Å². The quantitative estimate of drug-likeness (QED) is 0.913. The Morgan fingerprint density at radius 3 is 2.50 bits per heavy atom. The van der Waals surface area contributed by atoms with Crippen LogP contribution in [-0.4, -0.2) is 35.5 Å². The van der Waals surface area contributed by atoms with Crippen LogP contribution in [0.4, 0.5) is 4.39 Å². The van der Waals surface area contributed by atoms with Crippen molar-refractivity contribution >= 4 is 11.8 Å². The largest absolute Gasteiger partial charge is 0.340 e. The Morgan fingerprint density at radius 2 is 1.90 bits per heavy atom. The van der Waals surface area contributed by atoms with Gasteiger partial charge in [0.1, 0.15) is 11.6 Å². The Balaban J connectivity index is 2.36. The molecule has 0 radical (unpaired) electrons. The smallest absolute Gasteiger partial charge is 0.248 e. The molecule has 1 aliphatic heterocycles. The van der Waals surface area contributed by atoms with Gasteiger partial charge in [-0.1, -0.05) is 30.3 Å². The Morgan fingerprint density at radius 1 is 1.25 bits per heavy atom. The number of nitrogens with one attached hydrogen (secondary N) is 1. The number of amides is 2. The molecule has 1 fully saturated rings. The molecule has 1 saturated heterocycles. The molecular weight excluding hydrogens is 259 g/mol. The van der Waals surface area contributed by atoms with Crippen molar-refractivity contribution in [3.8, 4) is 0 Å². The van der Waals surface area contributed by atoms with Crippen LogP contribution in [0.1, 0.15) is 31.9 Å². The molecule has 1 aliphatic rings. The van der Waals surface area contributed by atoms with E-state index < -0.39 is 18.3 Å². The fourth-order valence-corrected chi connectivity index (χ4v) is 2.48. The van der Waals surface area contributed by atoms with Crippen LogP contribution in [0.5, 0.6) is 0 Å². The topological polar surface area (TPSA) is 49.4 Å². The van der Waals surface area contributed by atoms with Crippen molar-refractivity contribution in [2.24, 2.45) is 0 Å². The van der Waals surface area contributed by atoms with Crippen LogP contribution >= 0.6 is 0 Å². The molecule has 4 nitrogen and oxygen atoms in total. The lowest BCUT2D eigenvalue weighted by atomic mass is 9.93. The minimum Gasteiger partial charge on any atom is -0.340 e. The highest BCUT2D eigenvalue weighted by atomic mass is 19.1. The van der Waals surface area contributed by atoms with E-state index in [2.05, 4.69) is 5.32 Å². The fraction of sp³-hybridized carbons (Fsp3) is 0.467. The average Bonchev–Trinajstić information content (AvgIpc) is 2.41. The van der Waals surface area contributed by atoms with Crippen LogP contribution in [0, 0.1) is 0 Å². The highest BCUT2D eigenvalue weighted by molar-refractivity contribution is 5.99. The van der Waals surface area contributed by atoms with Crippen molar-refractivity contribution < 1.29 is 14.0 Å². The van der Waals surface area contributed by atoms with Gasteiger partial charge in [0.25, 0.3) is 0 Å². The summed E-state index contributed by atoms with van der Waals surface area (Å²) in [6.07, 6.45) is 0.235. The summed E-state index contributed by atoms with van der Waals surface area (Å²) >= 11 is 0. The maximum absolute atomic E-state index is 12.5. The van der Waals surface area contributed by atoms with Crippen molar-refractivity contribution in [2.75, 3.05) is 13.2 Å². The van der Waals surface area contributed by atoms with Gasteiger partial charge in [-0.15, -0.1) is 0 Å². The molecule has 1 aromatic carbocycles.